The van der Waals surface area contributed by atoms with Crippen molar-refractivity contribution in [2.45, 2.75) is 33.1 Å². The standard InChI is InChI=1S/C23H22BrClN4O3/c1-4-14(3)22-28-19-7-6-16(24)12-17(19)23(30)29(22)27-13-15-10-18(25)21(32-9-8-26)20(11-15)31-5-2/h6-7,10-14H,4-5,9H2,1-3H3/t14-/m0/s1. The van der Waals surface area contributed by atoms with Crippen molar-refractivity contribution < 1.29 is 9.47 Å². The van der Waals surface area contributed by atoms with Gasteiger partial charge >= 0.3 is 0 Å². The van der Waals surface area contributed by atoms with Crippen LogP contribution in [0.2, 0.25) is 5.02 Å². The Balaban J connectivity index is 2.12. The normalized spacial score (nSPS) is 12.1. The van der Waals surface area contributed by atoms with Gasteiger partial charge in [0.05, 0.1) is 28.7 Å². The van der Waals surface area contributed by atoms with Crippen LogP contribution in [0.5, 0.6) is 11.5 Å². The molecule has 9 heteroatoms. The zero-order chi connectivity index (χ0) is 23.3. The molecule has 2 aromatic carbocycles. The summed E-state index contributed by atoms with van der Waals surface area (Å²) in [6, 6.07) is 10.7. The van der Waals surface area contributed by atoms with Crippen molar-refractivity contribution >= 4 is 44.6 Å². The van der Waals surface area contributed by atoms with Crippen LogP contribution in [0.15, 0.2) is 44.7 Å². The number of hydrogen-bond donors (Lipinski definition) is 0. The van der Waals surface area contributed by atoms with Crippen LogP contribution < -0.4 is 15.0 Å². The highest BCUT2D eigenvalue weighted by molar-refractivity contribution is 9.10. The van der Waals surface area contributed by atoms with Crippen molar-refractivity contribution in [3.63, 3.8) is 0 Å². The number of halogens is 2. The first-order valence-corrected chi connectivity index (χ1v) is 11.3. The van der Waals surface area contributed by atoms with Crippen molar-refractivity contribution in [1.82, 2.24) is 9.66 Å². The molecule has 32 heavy (non-hydrogen) atoms. The summed E-state index contributed by atoms with van der Waals surface area (Å²) in [4.78, 5) is 17.9. The fraction of sp³-hybridized carbons (Fsp3) is 0.304. The Bertz CT molecular complexity index is 1270. The monoisotopic (exact) mass is 516 g/mol. The third-order valence-corrected chi connectivity index (χ3v) is 5.60. The third-order valence-electron chi connectivity index (χ3n) is 4.82. The highest BCUT2D eigenvalue weighted by atomic mass is 79.9. The molecule has 166 valence electrons. The molecule has 0 amide bonds. The molecule has 3 aromatic rings. The van der Waals surface area contributed by atoms with Crippen molar-refractivity contribution in [1.29, 1.82) is 5.26 Å². The minimum atomic E-state index is -0.257. The number of hydrogen-bond acceptors (Lipinski definition) is 6. The Morgan fingerprint density at radius 2 is 2.09 bits per heavy atom. The van der Waals surface area contributed by atoms with Gasteiger partial charge in [-0.1, -0.05) is 41.4 Å². The SMILES string of the molecule is CCOc1cc(C=Nn2c([C@@H](C)CC)nc3ccc(Br)cc3c2=O)cc(Cl)c1OCC#N. The smallest absolute Gasteiger partial charge is 0.282 e. The second-order valence-electron chi connectivity index (χ2n) is 7.01. The van der Waals surface area contributed by atoms with Crippen molar-refractivity contribution in [3.8, 4) is 17.6 Å². The molecule has 3 rings (SSSR count). The van der Waals surface area contributed by atoms with Gasteiger partial charge in [0.15, 0.2) is 18.1 Å². The van der Waals surface area contributed by atoms with E-state index in [1.165, 1.54) is 10.9 Å². The molecule has 0 aliphatic carbocycles. The summed E-state index contributed by atoms with van der Waals surface area (Å²) in [6.45, 7) is 6.11. The van der Waals surface area contributed by atoms with E-state index in [0.29, 0.717) is 40.4 Å². The van der Waals surface area contributed by atoms with Gasteiger partial charge in [-0.05, 0) is 49.2 Å². The molecule has 0 saturated heterocycles. The van der Waals surface area contributed by atoms with E-state index >= 15 is 0 Å². The fourth-order valence-corrected chi connectivity index (χ4v) is 3.71. The van der Waals surface area contributed by atoms with E-state index in [2.05, 4.69) is 21.0 Å². The molecule has 7 nitrogen and oxygen atoms in total. The van der Waals surface area contributed by atoms with Gasteiger partial charge in [-0.3, -0.25) is 4.79 Å². The van der Waals surface area contributed by atoms with Crippen LogP contribution in [0, 0.1) is 11.3 Å². The molecule has 0 N–H and O–H groups in total. The lowest BCUT2D eigenvalue weighted by atomic mass is 10.1. The Kier molecular flexibility index (Phi) is 7.89. The van der Waals surface area contributed by atoms with Crippen molar-refractivity contribution in [2.75, 3.05) is 13.2 Å². The number of fused-ring (bicyclic) bond motifs is 1. The number of aromatic nitrogens is 2. The summed E-state index contributed by atoms with van der Waals surface area (Å²) >= 11 is 9.76. The zero-order valence-corrected chi connectivity index (χ0v) is 20.3. The molecular weight excluding hydrogens is 496 g/mol. The maximum atomic E-state index is 13.2. The average molecular weight is 518 g/mol. The Labute approximate surface area is 199 Å². The average Bonchev–Trinajstić information content (AvgIpc) is 2.78. The number of rotatable bonds is 8. The molecule has 0 aliphatic rings. The summed E-state index contributed by atoms with van der Waals surface area (Å²) in [7, 11) is 0. The van der Waals surface area contributed by atoms with Gasteiger partial charge in [0.25, 0.3) is 5.56 Å². The molecule has 0 aliphatic heterocycles. The minimum Gasteiger partial charge on any atom is -0.490 e. The predicted octanol–water partition coefficient (Wildman–Crippen LogP) is 5.51. The van der Waals surface area contributed by atoms with E-state index in [9.17, 15) is 4.79 Å². The van der Waals surface area contributed by atoms with Gasteiger partial charge in [0.2, 0.25) is 0 Å². The third kappa shape index (κ3) is 5.12. The van der Waals surface area contributed by atoms with E-state index in [1.54, 1.807) is 18.2 Å². The maximum absolute atomic E-state index is 13.2. The second kappa shape index (κ2) is 10.6. The first kappa shape index (κ1) is 23.8. The van der Waals surface area contributed by atoms with Gasteiger partial charge < -0.3 is 9.47 Å². The Hall–Kier alpha value is -2.89. The van der Waals surface area contributed by atoms with Crippen LogP contribution in [0.25, 0.3) is 10.9 Å². The number of nitrogens with zero attached hydrogens (tertiary/aromatic N) is 4. The topological polar surface area (TPSA) is 89.5 Å². The van der Waals surface area contributed by atoms with Crippen LogP contribution in [-0.2, 0) is 0 Å². The lowest BCUT2D eigenvalue weighted by Crippen LogP contribution is -2.23. The predicted molar refractivity (Wildman–Crippen MR) is 129 cm³/mol. The fourth-order valence-electron chi connectivity index (χ4n) is 3.07. The lowest BCUT2D eigenvalue weighted by molar-refractivity contribution is 0.299. The molecule has 1 heterocycles. The largest absolute Gasteiger partial charge is 0.490 e. The number of nitriles is 1. The molecule has 0 bridgehead atoms. The highest BCUT2D eigenvalue weighted by Gasteiger charge is 2.16. The molecule has 1 aromatic heterocycles. The summed E-state index contributed by atoms with van der Waals surface area (Å²) in [5.74, 6) is 1.29. The van der Waals surface area contributed by atoms with Gasteiger partial charge in [-0.2, -0.15) is 15.0 Å². The van der Waals surface area contributed by atoms with E-state index in [4.69, 9.17) is 31.3 Å². The minimum absolute atomic E-state index is 0.0252. The highest BCUT2D eigenvalue weighted by Crippen LogP contribution is 2.36. The van der Waals surface area contributed by atoms with Crippen molar-refractivity contribution in [2.24, 2.45) is 5.10 Å². The summed E-state index contributed by atoms with van der Waals surface area (Å²) in [5, 5.41) is 14.0. The molecule has 1 atom stereocenters. The molecule has 0 unspecified atom stereocenters. The molecule has 0 fully saturated rings. The Morgan fingerprint density at radius 1 is 1.31 bits per heavy atom. The maximum Gasteiger partial charge on any atom is 0.282 e. The van der Waals surface area contributed by atoms with Gasteiger partial charge in [0, 0.05) is 10.4 Å². The number of benzene rings is 2. The summed E-state index contributed by atoms with van der Waals surface area (Å²) in [5.41, 5.74) is 0.979. The van der Waals surface area contributed by atoms with Crippen LogP contribution in [0.4, 0.5) is 0 Å². The summed E-state index contributed by atoms with van der Waals surface area (Å²) in [6.07, 6.45) is 2.33. The number of ether oxygens (including phenoxy) is 2. The van der Waals surface area contributed by atoms with Crippen LogP contribution in [0.1, 0.15) is 44.5 Å². The van der Waals surface area contributed by atoms with Crippen LogP contribution in [0.3, 0.4) is 0 Å². The Morgan fingerprint density at radius 3 is 2.78 bits per heavy atom. The quantitative estimate of drug-likeness (QED) is 0.368. The van der Waals surface area contributed by atoms with E-state index < -0.39 is 0 Å². The van der Waals surface area contributed by atoms with E-state index in [-0.39, 0.29) is 23.1 Å². The first-order chi connectivity index (χ1) is 15.4. The van der Waals surface area contributed by atoms with Crippen LogP contribution in [-0.4, -0.2) is 29.1 Å². The molecular formula is C23H22BrClN4O3. The van der Waals surface area contributed by atoms with Crippen molar-refractivity contribution in [3.05, 3.63) is 61.6 Å². The van der Waals surface area contributed by atoms with Gasteiger partial charge in [-0.25, -0.2) is 4.98 Å². The zero-order valence-electron chi connectivity index (χ0n) is 17.9. The van der Waals surface area contributed by atoms with Gasteiger partial charge in [-0.15, -0.1) is 0 Å². The van der Waals surface area contributed by atoms with Crippen LogP contribution >= 0.6 is 27.5 Å². The van der Waals surface area contributed by atoms with Gasteiger partial charge in [0.1, 0.15) is 11.9 Å². The lowest BCUT2D eigenvalue weighted by Gasteiger charge is -2.14. The van der Waals surface area contributed by atoms with E-state index in [0.717, 1.165) is 10.9 Å². The van der Waals surface area contributed by atoms with E-state index in [1.807, 2.05) is 39.0 Å². The summed E-state index contributed by atoms with van der Waals surface area (Å²) < 4.78 is 13.1. The second-order valence-corrected chi connectivity index (χ2v) is 8.33. The molecule has 0 radical (unpaired) electrons. The molecule has 0 saturated carbocycles. The first-order valence-electron chi connectivity index (χ1n) is 10.1. The molecule has 0 spiro atoms.